The highest BCUT2D eigenvalue weighted by Gasteiger charge is 2.04. The molecule has 0 amide bonds. The van der Waals surface area contributed by atoms with Crippen LogP contribution in [0.4, 0.5) is 0 Å². The van der Waals surface area contributed by atoms with Crippen LogP contribution < -0.4 is 11.1 Å². The van der Waals surface area contributed by atoms with Gasteiger partial charge >= 0.3 is 0 Å². The number of hydrogen-bond donors (Lipinski definition) is 2. The molecule has 78 valence electrons. The lowest BCUT2D eigenvalue weighted by Gasteiger charge is -2.14. The second-order valence-corrected chi connectivity index (χ2v) is 3.89. The Balaban J connectivity index is 2.73. The molecule has 0 heterocycles. The van der Waals surface area contributed by atoms with Crippen LogP contribution in [0.15, 0.2) is 18.2 Å². The zero-order chi connectivity index (χ0) is 10.6. The summed E-state index contributed by atoms with van der Waals surface area (Å²) in [5.74, 6) is 0. The first-order valence-electron chi connectivity index (χ1n) is 5.15. The summed E-state index contributed by atoms with van der Waals surface area (Å²) in [5, 5.41) is 3.38. The minimum absolute atomic E-state index is 0.386. The van der Waals surface area contributed by atoms with E-state index in [4.69, 9.17) is 5.73 Å². The molecule has 0 aliphatic rings. The summed E-state index contributed by atoms with van der Waals surface area (Å²) in [6, 6.07) is 7.03. The third kappa shape index (κ3) is 3.13. The minimum Gasteiger partial charge on any atom is -0.329 e. The Morgan fingerprint density at radius 1 is 1.21 bits per heavy atom. The molecule has 1 rings (SSSR count). The molecule has 1 aromatic rings. The molecule has 0 radical (unpaired) electrons. The lowest BCUT2D eigenvalue weighted by Crippen LogP contribution is -2.25. The number of hydrogen-bond acceptors (Lipinski definition) is 2. The molecule has 2 heteroatoms. The van der Waals surface area contributed by atoms with E-state index in [1.165, 1.54) is 16.7 Å². The maximum atomic E-state index is 5.45. The average molecular weight is 192 g/mol. The van der Waals surface area contributed by atoms with Gasteiger partial charge in [-0.25, -0.2) is 0 Å². The van der Waals surface area contributed by atoms with Crippen molar-refractivity contribution in [2.45, 2.75) is 26.8 Å². The number of nitrogens with one attached hydrogen (secondary N) is 1. The van der Waals surface area contributed by atoms with Crippen LogP contribution in [-0.4, -0.2) is 13.1 Å². The van der Waals surface area contributed by atoms with Gasteiger partial charge in [0.05, 0.1) is 0 Å². The summed E-state index contributed by atoms with van der Waals surface area (Å²) in [6.07, 6.45) is 0. The summed E-state index contributed by atoms with van der Waals surface area (Å²) in [4.78, 5) is 0. The normalized spacial score (nSPS) is 12.9. The molecule has 0 bridgehead atoms. The smallest absolute Gasteiger partial charge is 0.0292 e. The van der Waals surface area contributed by atoms with E-state index in [9.17, 15) is 0 Å². The molecule has 0 saturated carbocycles. The molecule has 0 fully saturated rings. The van der Waals surface area contributed by atoms with Crippen LogP contribution in [0.3, 0.4) is 0 Å². The quantitative estimate of drug-likeness (QED) is 0.765. The zero-order valence-electron chi connectivity index (χ0n) is 9.30. The van der Waals surface area contributed by atoms with Crippen LogP contribution in [0.2, 0.25) is 0 Å². The van der Waals surface area contributed by atoms with E-state index in [0.717, 1.165) is 6.54 Å². The van der Waals surface area contributed by atoms with Gasteiger partial charge in [0.1, 0.15) is 0 Å². The van der Waals surface area contributed by atoms with E-state index in [0.29, 0.717) is 12.6 Å². The van der Waals surface area contributed by atoms with E-state index in [1.807, 2.05) is 0 Å². The van der Waals surface area contributed by atoms with Crippen LogP contribution in [-0.2, 0) is 0 Å². The summed E-state index contributed by atoms with van der Waals surface area (Å²) >= 11 is 0. The predicted molar refractivity (Wildman–Crippen MR) is 61.4 cm³/mol. The molecule has 0 saturated heterocycles. The molecular weight excluding hydrogens is 172 g/mol. The third-order valence-corrected chi connectivity index (χ3v) is 2.34. The van der Waals surface area contributed by atoms with E-state index in [2.05, 4.69) is 44.3 Å². The molecule has 14 heavy (non-hydrogen) atoms. The fourth-order valence-electron chi connectivity index (χ4n) is 1.68. The highest BCUT2D eigenvalue weighted by molar-refractivity contribution is 5.30. The molecule has 0 aromatic heterocycles. The molecular formula is C12H20N2. The third-order valence-electron chi connectivity index (χ3n) is 2.34. The summed E-state index contributed by atoms with van der Waals surface area (Å²) in [5.41, 5.74) is 9.44. The fraction of sp³-hybridized carbons (Fsp3) is 0.500. The Bertz CT molecular complexity index is 274. The largest absolute Gasteiger partial charge is 0.329 e. The van der Waals surface area contributed by atoms with Gasteiger partial charge in [-0.15, -0.1) is 0 Å². The van der Waals surface area contributed by atoms with Gasteiger partial charge in [-0.05, 0) is 26.3 Å². The van der Waals surface area contributed by atoms with Gasteiger partial charge in [0.25, 0.3) is 0 Å². The van der Waals surface area contributed by atoms with Crippen molar-refractivity contribution in [1.82, 2.24) is 5.32 Å². The van der Waals surface area contributed by atoms with Crippen LogP contribution in [0.1, 0.15) is 29.7 Å². The van der Waals surface area contributed by atoms with Crippen LogP contribution in [0, 0.1) is 13.8 Å². The van der Waals surface area contributed by atoms with Crippen molar-refractivity contribution in [2.24, 2.45) is 5.73 Å². The number of rotatable bonds is 4. The Hall–Kier alpha value is -0.860. The van der Waals surface area contributed by atoms with Crippen LogP contribution >= 0.6 is 0 Å². The van der Waals surface area contributed by atoms with Gasteiger partial charge in [0.2, 0.25) is 0 Å². The molecule has 1 atom stereocenters. The zero-order valence-corrected chi connectivity index (χ0v) is 9.30. The molecule has 0 aliphatic carbocycles. The molecule has 3 N–H and O–H groups in total. The van der Waals surface area contributed by atoms with E-state index in [-0.39, 0.29) is 0 Å². The summed E-state index contributed by atoms with van der Waals surface area (Å²) < 4.78 is 0. The van der Waals surface area contributed by atoms with E-state index in [1.54, 1.807) is 0 Å². The van der Waals surface area contributed by atoms with Gasteiger partial charge in [0.15, 0.2) is 0 Å². The minimum atomic E-state index is 0.386. The number of benzene rings is 1. The Labute approximate surface area is 86.5 Å². The Morgan fingerprint density at radius 2 is 1.79 bits per heavy atom. The monoisotopic (exact) mass is 192 g/mol. The Kier molecular flexibility index (Phi) is 4.11. The van der Waals surface area contributed by atoms with Crippen molar-refractivity contribution < 1.29 is 0 Å². The Morgan fingerprint density at radius 3 is 2.29 bits per heavy atom. The highest BCUT2D eigenvalue weighted by Crippen LogP contribution is 2.15. The first-order chi connectivity index (χ1) is 6.63. The first kappa shape index (κ1) is 11.2. The van der Waals surface area contributed by atoms with Crippen molar-refractivity contribution in [3.8, 4) is 0 Å². The van der Waals surface area contributed by atoms with Crippen LogP contribution in [0.25, 0.3) is 0 Å². The van der Waals surface area contributed by atoms with Crippen molar-refractivity contribution >= 4 is 0 Å². The lowest BCUT2D eigenvalue weighted by molar-refractivity contribution is 0.581. The second kappa shape index (κ2) is 5.13. The van der Waals surface area contributed by atoms with Gasteiger partial charge in [-0.1, -0.05) is 29.3 Å². The molecule has 2 nitrogen and oxygen atoms in total. The topological polar surface area (TPSA) is 38.0 Å². The highest BCUT2D eigenvalue weighted by atomic mass is 14.9. The van der Waals surface area contributed by atoms with Gasteiger partial charge in [-0.3, -0.25) is 0 Å². The standard InChI is InChI=1S/C12H20N2/c1-9-6-10(2)8-12(7-9)11(3)14-5-4-13/h6-8,11,14H,4-5,13H2,1-3H3. The first-order valence-corrected chi connectivity index (χ1v) is 5.15. The van der Waals surface area contributed by atoms with E-state index < -0.39 is 0 Å². The van der Waals surface area contributed by atoms with Crippen molar-refractivity contribution in [3.05, 3.63) is 34.9 Å². The molecule has 1 unspecified atom stereocenters. The van der Waals surface area contributed by atoms with Gasteiger partial charge < -0.3 is 11.1 Å². The second-order valence-electron chi connectivity index (χ2n) is 3.89. The number of aryl methyl sites for hydroxylation is 2. The maximum absolute atomic E-state index is 5.45. The fourth-order valence-corrected chi connectivity index (χ4v) is 1.68. The molecule has 0 spiro atoms. The molecule has 1 aromatic carbocycles. The van der Waals surface area contributed by atoms with Crippen LogP contribution in [0.5, 0.6) is 0 Å². The van der Waals surface area contributed by atoms with Crippen molar-refractivity contribution in [1.29, 1.82) is 0 Å². The van der Waals surface area contributed by atoms with E-state index >= 15 is 0 Å². The summed E-state index contributed by atoms with van der Waals surface area (Å²) in [6.45, 7) is 7.99. The van der Waals surface area contributed by atoms with Crippen molar-refractivity contribution in [2.75, 3.05) is 13.1 Å². The maximum Gasteiger partial charge on any atom is 0.0292 e. The van der Waals surface area contributed by atoms with Crippen molar-refractivity contribution in [3.63, 3.8) is 0 Å². The van der Waals surface area contributed by atoms with Gasteiger partial charge in [-0.2, -0.15) is 0 Å². The predicted octanol–water partition coefficient (Wildman–Crippen LogP) is 1.91. The van der Waals surface area contributed by atoms with Gasteiger partial charge in [0, 0.05) is 19.1 Å². The summed E-state index contributed by atoms with van der Waals surface area (Å²) in [7, 11) is 0. The SMILES string of the molecule is Cc1cc(C)cc(C(C)NCCN)c1. The lowest BCUT2D eigenvalue weighted by atomic mass is 10.0. The molecule has 0 aliphatic heterocycles. The average Bonchev–Trinajstić information content (AvgIpc) is 2.12. The number of nitrogens with two attached hydrogens (primary N) is 1.